The molecular weight excluding hydrogens is 470 g/mol. The van der Waals surface area contributed by atoms with Crippen molar-refractivity contribution in [1.82, 2.24) is 0 Å². The minimum atomic E-state index is -0.140. The molecule has 38 heavy (non-hydrogen) atoms. The quantitative estimate of drug-likeness (QED) is 0.214. The van der Waals surface area contributed by atoms with E-state index in [-0.39, 0.29) is 10.8 Å². The van der Waals surface area contributed by atoms with Crippen molar-refractivity contribution in [2.75, 3.05) is 4.90 Å². The first-order valence-electron chi connectivity index (χ1n) is 12.8. The second-order valence-corrected chi connectivity index (χ2v) is 10.6. The molecule has 6 aromatic rings. The maximum absolute atomic E-state index is 13.0. The Kier molecular flexibility index (Phi) is 4.12. The molecule has 2 aliphatic rings. The van der Waals surface area contributed by atoms with Crippen molar-refractivity contribution in [3.05, 3.63) is 124 Å². The first kappa shape index (κ1) is 21.3. The molecule has 0 unspecified atom stereocenters. The number of ether oxygens (including phenoxy) is 1. The summed E-state index contributed by atoms with van der Waals surface area (Å²) in [5.41, 5.74) is 8.80. The molecule has 4 heteroatoms. The van der Waals surface area contributed by atoms with Crippen LogP contribution in [0.25, 0.3) is 33.1 Å². The molecule has 0 saturated heterocycles. The van der Waals surface area contributed by atoms with Gasteiger partial charge in [-0.2, -0.15) is 0 Å². The Bertz CT molecular complexity index is 2020. The van der Waals surface area contributed by atoms with Crippen molar-refractivity contribution >= 4 is 39.0 Å². The van der Waals surface area contributed by atoms with E-state index >= 15 is 0 Å². The van der Waals surface area contributed by atoms with Gasteiger partial charge in [0.1, 0.15) is 11.2 Å². The third kappa shape index (κ3) is 2.77. The number of benzene rings is 5. The zero-order valence-corrected chi connectivity index (χ0v) is 21.0. The molecule has 1 aromatic heterocycles. The molecule has 0 N–H and O–H groups in total. The highest BCUT2D eigenvalue weighted by Gasteiger charge is 2.41. The Balaban J connectivity index is 1.30. The molecule has 0 amide bonds. The normalized spacial score (nSPS) is 14.5. The highest BCUT2D eigenvalue weighted by molar-refractivity contribution is 5.95. The van der Waals surface area contributed by atoms with Gasteiger partial charge in [0.25, 0.3) is 0 Å². The maximum atomic E-state index is 13.0. The Morgan fingerprint density at radius 3 is 2.29 bits per heavy atom. The molecule has 182 valence electrons. The fraction of sp³-hybridized carbons (Fsp3) is 0.0882. The number of nitrogens with zero attached hydrogens (tertiary/aromatic N) is 1. The maximum Gasteiger partial charge on any atom is 0.200 e. The van der Waals surface area contributed by atoms with Crippen molar-refractivity contribution < 1.29 is 9.15 Å². The van der Waals surface area contributed by atoms with Crippen LogP contribution in [-0.4, -0.2) is 0 Å². The van der Waals surface area contributed by atoms with Crippen LogP contribution in [-0.2, 0) is 5.41 Å². The van der Waals surface area contributed by atoms with Crippen LogP contribution in [0.15, 0.2) is 112 Å². The average Bonchev–Trinajstić information content (AvgIpc) is 2.94. The van der Waals surface area contributed by atoms with Crippen LogP contribution in [0.3, 0.4) is 0 Å². The topological polar surface area (TPSA) is 42.7 Å². The van der Waals surface area contributed by atoms with Crippen molar-refractivity contribution in [3.8, 4) is 22.6 Å². The van der Waals surface area contributed by atoms with E-state index in [0.29, 0.717) is 21.9 Å². The Hall–Kier alpha value is -4.83. The van der Waals surface area contributed by atoms with Crippen molar-refractivity contribution in [1.29, 1.82) is 0 Å². The first-order chi connectivity index (χ1) is 18.5. The van der Waals surface area contributed by atoms with Crippen LogP contribution in [0.1, 0.15) is 25.0 Å². The number of hydrogen-bond acceptors (Lipinski definition) is 4. The number of hydrogen-bond donors (Lipinski definition) is 0. The summed E-state index contributed by atoms with van der Waals surface area (Å²) in [6.07, 6.45) is 0. The molecule has 0 saturated carbocycles. The zero-order valence-electron chi connectivity index (χ0n) is 21.0. The van der Waals surface area contributed by atoms with Gasteiger partial charge in [-0.15, -0.1) is 0 Å². The van der Waals surface area contributed by atoms with E-state index in [2.05, 4.69) is 73.3 Å². The van der Waals surface area contributed by atoms with Gasteiger partial charge in [-0.1, -0.05) is 68.4 Å². The van der Waals surface area contributed by atoms with E-state index < -0.39 is 0 Å². The highest BCUT2D eigenvalue weighted by Crippen LogP contribution is 2.59. The summed E-state index contributed by atoms with van der Waals surface area (Å²) in [5, 5.41) is 1.17. The Morgan fingerprint density at radius 2 is 1.37 bits per heavy atom. The molecule has 8 rings (SSSR count). The summed E-state index contributed by atoms with van der Waals surface area (Å²) in [5.74, 6) is 1.65. The number of fused-ring (bicyclic) bond motifs is 6. The van der Waals surface area contributed by atoms with E-state index in [1.165, 1.54) is 16.8 Å². The lowest BCUT2D eigenvalue weighted by Crippen LogP contribution is -2.32. The molecule has 0 bridgehead atoms. The second kappa shape index (κ2) is 7.36. The monoisotopic (exact) mass is 493 g/mol. The van der Waals surface area contributed by atoms with Gasteiger partial charge in [-0.25, -0.2) is 0 Å². The SMILES string of the molecule is CC1(C)c2ccccc2N2c3ccc(-c4ccc5c(=O)c6ccccc6oc5c4)cc3Oc3cccc1c32. The molecule has 0 aliphatic carbocycles. The minimum Gasteiger partial charge on any atom is -0.456 e. The third-order valence-electron chi connectivity index (χ3n) is 8.05. The predicted molar refractivity (Wildman–Crippen MR) is 152 cm³/mol. The fourth-order valence-electron chi connectivity index (χ4n) is 6.11. The summed E-state index contributed by atoms with van der Waals surface area (Å²) < 4.78 is 12.7. The molecule has 3 heterocycles. The largest absolute Gasteiger partial charge is 0.456 e. The summed E-state index contributed by atoms with van der Waals surface area (Å²) in [6.45, 7) is 4.55. The molecule has 0 fully saturated rings. The molecular formula is C34H23NO3. The highest BCUT2D eigenvalue weighted by atomic mass is 16.5. The van der Waals surface area contributed by atoms with Gasteiger partial charge in [0.05, 0.1) is 27.8 Å². The van der Waals surface area contributed by atoms with E-state index in [9.17, 15) is 4.79 Å². The summed E-state index contributed by atoms with van der Waals surface area (Å²) in [6, 6.07) is 34.4. The lowest BCUT2D eigenvalue weighted by molar-refractivity contribution is 0.471. The van der Waals surface area contributed by atoms with E-state index in [1.54, 1.807) is 6.07 Å². The van der Waals surface area contributed by atoms with Gasteiger partial charge in [-0.05, 0) is 70.8 Å². The van der Waals surface area contributed by atoms with E-state index in [4.69, 9.17) is 9.15 Å². The van der Waals surface area contributed by atoms with Crippen LogP contribution in [0.2, 0.25) is 0 Å². The number of rotatable bonds is 1. The van der Waals surface area contributed by atoms with Crippen LogP contribution >= 0.6 is 0 Å². The van der Waals surface area contributed by atoms with Crippen LogP contribution in [0.5, 0.6) is 11.5 Å². The number of anilines is 3. The van der Waals surface area contributed by atoms with Crippen LogP contribution < -0.4 is 15.1 Å². The fourth-order valence-corrected chi connectivity index (χ4v) is 6.11. The van der Waals surface area contributed by atoms with Crippen molar-refractivity contribution in [2.24, 2.45) is 0 Å². The molecule has 2 aliphatic heterocycles. The van der Waals surface area contributed by atoms with E-state index in [1.807, 2.05) is 42.5 Å². The Labute approximate surface area is 219 Å². The minimum absolute atomic E-state index is 0.0127. The summed E-state index contributed by atoms with van der Waals surface area (Å²) >= 11 is 0. The molecule has 5 aromatic carbocycles. The zero-order chi connectivity index (χ0) is 25.6. The molecule has 0 spiro atoms. The predicted octanol–water partition coefficient (Wildman–Crippen LogP) is 8.83. The third-order valence-corrected chi connectivity index (χ3v) is 8.05. The van der Waals surface area contributed by atoms with Gasteiger partial charge in [-0.3, -0.25) is 4.79 Å². The summed E-state index contributed by atoms with van der Waals surface area (Å²) in [7, 11) is 0. The smallest absolute Gasteiger partial charge is 0.200 e. The van der Waals surface area contributed by atoms with E-state index in [0.717, 1.165) is 34.0 Å². The lowest BCUT2D eigenvalue weighted by atomic mass is 9.73. The molecule has 0 atom stereocenters. The average molecular weight is 494 g/mol. The van der Waals surface area contributed by atoms with Gasteiger partial charge >= 0.3 is 0 Å². The van der Waals surface area contributed by atoms with Crippen LogP contribution in [0, 0.1) is 0 Å². The van der Waals surface area contributed by atoms with Crippen molar-refractivity contribution in [2.45, 2.75) is 19.3 Å². The van der Waals surface area contributed by atoms with Gasteiger partial charge in [0.15, 0.2) is 11.5 Å². The van der Waals surface area contributed by atoms with Gasteiger partial charge in [0, 0.05) is 5.41 Å². The summed E-state index contributed by atoms with van der Waals surface area (Å²) in [4.78, 5) is 15.3. The lowest BCUT2D eigenvalue weighted by Gasteiger charge is -2.44. The molecule has 4 nitrogen and oxygen atoms in total. The Morgan fingerprint density at radius 1 is 0.632 bits per heavy atom. The van der Waals surface area contributed by atoms with Gasteiger partial charge in [0.2, 0.25) is 5.43 Å². The second-order valence-electron chi connectivity index (χ2n) is 10.6. The van der Waals surface area contributed by atoms with Crippen LogP contribution in [0.4, 0.5) is 17.1 Å². The van der Waals surface area contributed by atoms with Crippen molar-refractivity contribution in [3.63, 3.8) is 0 Å². The van der Waals surface area contributed by atoms with Gasteiger partial charge < -0.3 is 14.1 Å². The number of para-hydroxylation sites is 3. The standard InChI is InChI=1S/C34H23NO3/c1-34(2)24-9-4-5-11-26(24)35-27-17-15-21(19-31(27)38-29-13-7-10-25(34)32(29)35)20-14-16-23-30(18-20)37-28-12-6-3-8-22(28)33(23)36/h3-19H,1-2H3. The molecule has 0 radical (unpaired) electrons. The first-order valence-corrected chi connectivity index (χ1v) is 12.8.